The number of hydrogen-bond acceptors (Lipinski definition) is 3. The summed E-state index contributed by atoms with van der Waals surface area (Å²) in [6.45, 7) is 3.72. The van der Waals surface area contributed by atoms with E-state index in [1.165, 1.54) is 0 Å². The van der Waals surface area contributed by atoms with Crippen LogP contribution in [0.15, 0.2) is 22.7 Å². The van der Waals surface area contributed by atoms with Crippen LogP contribution in [0.5, 0.6) is 5.75 Å². The highest BCUT2D eigenvalue weighted by Gasteiger charge is 2.08. The third-order valence-corrected chi connectivity index (χ3v) is 2.96. The molecule has 0 spiro atoms. The number of halogens is 1. The third-order valence-electron chi connectivity index (χ3n) is 2.47. The van der Waals surface area contributed by atoms with E-state index >= 15 is 0 Å². The third kappa shape index (κ3) is 5.06. The fraction of sp³-hybridized carbons (Fsp3) is 0.538. The molecule has 1 aromatic carbocycles. The van der Waals surface area contributed by atoms with Crippen molar-refractivity contribution in [1.82, 2.24) is 4.90 Å². The lowest BCUT2D eigenvalue weighted by atomic mass is 10.1. The quantitative estimate of drug-likeness (QED) is 0.821. The van der Waals surface area contributed by atoms with Gasteiger partial charge in [-0.3, -0.25) is 0 Å². The summed E-state index contributed by atoms with van der Waals surface area (Å²) in [5.41, 5.74) is 6.97. The van der Waals surface area contributed by atoms with E-state index in [-0.39, 0.29) is 6.04 Å². The van der Waals surface area contributed by atoms with Gasteiger partial charge in [-0.1, -0.05) is 15.9 Å². The first kappa shape index (κ1) is 14.5. The summed E-state index contributed by atoms with van der Waals surface area (Å²) in [5.74, 6) is 0.891. The maximum absolute atomic E-state index is 5.93. The first-order valence-corrected chi connectivity index (χ1v) is 6.62. The second-order valence-corrected chi connectivity index (χ2v) is 5.39. The van der Waals surface area contributed by atoms with Gasteiger partial charge >= 0.3 is 0 Å². The van der Waals surface area contributed by atoms with E-state index in [0.717, 1.165) is 35.4 Å². The standard InChI is InChI=1S/C13H21BrN2O/c1-10(15)12-9-11(14)5-6-13(12)17-8-4-7-16(2)3/h5-6,9-10H,4,7-8,15H2,1-3H3/t10-/m0/s1. The molecule has 0 aromatic heterocycles. The predicted molar refractivity (Wildman–Crippen MR) is 75.4 cm³/mol. The Morgan fingerprint density at radius 2 is 2.12 bits per heavy atom. The van der Waals surface area contributed by atoms with E-state index in [1.54, 1.807) is 0 Å². The van der Waals surface area contributed by atoms with Crippen LogP contribution in [0.4, 0.5) is 0 Å². The Balaban J connectivity index is 2.58. The minimum absolute atomic E-state index is 0.0173. The summed E-state index contributed by atoms with van der Waals surface area (Å²) >= 11 is 3.45. The van der Waals surface area contributed by atoms with Crippen LogP contribution >= 0.6 is 15.9 Å². The van der Waals surface area contributed by atoms with Gasteiger partial charge in [0.25, 0.3) is 0 Å². The number of nitrogens with zero attached hydrogens (tertiary/aromatic N) is 1. The Morgan fingerprint density at radius 1 is 1.41 bits per heavy atom. The van der Waals surface area contributed by atoms with Gasteiger partial charge in [0.2, 0.25) is 0 Å². The van der Waals surface area contributed by atoms with Crippen molar-refractivity contribution in [3.63, 3.8) is 0 Å². The van der Waals surface area contributed by atoms with Gasteiger partial charge in [-0.2, -0.15) is 0 Å². The molecule has 0 saturated carbocycles. The maximum atomic E-state index is 5.93. The zero-order chi connectivity index (χ0) is 12.8. The Morgan fingerprint density at radius 3 is 2.71 bits per heavy atom. The number of benzene rings is 1. The van der Waals surface area contributed by atoms with E-state index < -0.39 is 0 Å². The topological polar surface area (TPSA) is 38.5 Å². The molecule has 0 heterocycles. The Kier molecular flexibility index (Phi) is 5.95. The van der Waals surface area contributed by atoms with Crippen LogP contribution in [-0.4, -0.2) is 32.1 Å². The first-order chi connectivity index (χ1) is 8.00. The van der Waals surface area contributed by atoms with E-state index in [1.807, 2.05) is 25.1 Å². The highest BCUT2D eigenvalue weighted by atomic mass is 79.9. The maximum Gasteiger partial charge on any atom is 0.124 e. The SMILES string of the molecule is C[C@H](N)c1cc(Br)ccc1OCCCN(C)C. The lowest BCUT2D eigenvalue weighted by Crippen LogP contribution is -2.16. The van der Waals surface area contributed by atoms with Gasteiger partial charge in [0.1, 0.15) is 5.75 Å². The van der Waals surface area contributed by atoms with Crippen molar-refractivity contribution in [2.24, 2.45) is 5.73 Å². The van der Waals surface area contributed by atoms with E-state index in [4.69, 9.17) is 10.5 Å². The molecule has 3 nitrogen and oxygen atoms in total. The van der Waals surface area contributed by atoms with Gasteiger partial charge in [-0.25, -0.2) is 0 Å². The monoisotopic (exact) mass is 300 g/mol. The van der Waals surface area contributed by atoms with Crippen molar-refractivity contribution in [3.05, 3.63) is 28.2 Å². The van der Waals surface area contributed by atoms with Crippen LogP contribution in [0.2, 0.25) is 0 Å². The van der Waals surface area contributed by atoms with Crippen molar-refractivity contribution in [2.45, 2.75) is 19.4 Å². The molecule has 0 radical (unpaired) electrons. The van der Waals surface area contributed by atoms with Gasteiger partial charge in [0, 0.05) is 22.6 Å². The summed E-state index contributed by atoms with van der Waals surface area (Å²) in [7, 11) is 4.13. The number of rotatable bonds is 6. The van der Waals surface area contributed by atoms with Crippen molar-refractivity contribution < 1.29 is 4.74 Å². The average molecular weight is 301 g/mol. The smallest absolute Gasteiger partial charge is 0.124 e. The molecule has 0 aliphatic rings. The largest absolute Gasteiger partial charge is 0.493 e. The fourth-order valence-electron chi connectivity index (χ4n) is 1.57. The number of hydrogen-bond donors (Lipinski definition) is 1. The summed E-state index contributed by atoms with van der Waals surface area (Å²) in [4.78, 5) is 2.15. The van der Waals surface area contributed by atoms with Gasteiger partial charge < -0.3 is 15.4 Å². The molecule has 0 unspecified atom stereocenters. The van der Waals surface area contributed by atoms with Crippen molar-refractivity contribution in [3.8, 4) is 5.75 Å². The zero-order valence-electron chi connectivity index (χ0n) is 10.7. The summed E-state index contributed by atoms with van der Waals surface area (Å²) in [6, 6.07) is 5.95. The molecular formula is C13H21BrN2O. The molecule has 17 heavy (non-hydrogen) atoms. The summed E-state index contributed by atoms with van der Waals surface area (Å²) in [6.07, 6.45) is 1.02. The van der Waals surface area contributed by atoms with Crippen molar-refractivity contribution >= 4 is 15.9 Å². The number of ether oxygens (including phenoxy) is 1. The predicted octanol–water partition coefficient (Wildman–Crippen LogP) is 2.80. The lowest BCUT2D eigenvalue weighted by molar-refractivity contribution is 0.278. The highest BCUT2D eigenvalue weighted by Crippen LogP contribution is 2.27. The van der Waals surface area contributed by atoms with Crippen LogP contribution < -0.4 is 10.5 Å². The highest BCUT2D eigenvalue weighted by molar-refractivity contribution is 9.10. The van der Waals surface area contributed by atoms with Gasteiger partial charge in [-0.05, 0) is 45.6 Å². The van der Waals surface area contributed by atoms with Gasteiger partial charge in [0.05, 0.1) is 6.61 Å². The van der Waals surface area contributed by atoms with Crippen molar-refractivity contribution in [2.75, 3.05) is 27.2 Å². The normalized spacial score (nSPS) is 12.8. The van der Waals surface area contributed by atoms with Crippen LogP contribution in [-0.2, 0) is 0 Å². The Labute approximate surface area is 112 Å². The molecule has 1 atom stereocenters. The molecule has 1 aromatic rings. The second kappa shape index (κ2) is 6.99. The first-order valence-electron chi connectivity index (χ1n) is 5.83. The fourth-order valence-corrected chi connectivity index (χ4v) is 1.95. The molecule has 0 bridgehead atoms. The van der Waals surface area contributed by atoms with E-state index in [2.05, 4.69) is 34.9 Å². The molecule has 0 amide bonds. The van der Waals surface area contributed by atoms with Crippen LogP contribution in [0, 0.1) is 0 Å². The molecule has 4 heteroatoms. The van der Waals surface area contributed by atoms with Crippen LogP contribution in [0.3, 0.4) is 0 Å². The molecule has 2 N–H and O–H groups in total. The van der Waals surface area contributed by atoms with Gasteiger partial charge in [0.15, 0.2) is 0 Å². The van der Waals surface area contributed by atoms with Crippen molar-refractivity contribution in [1.29, 1.82) is 0 Å². The lowest BCUT2D eigenvalue weighted by Gasteiger charge is -2.15. The van der Waals surface area contributed by atoms with Crippen LogP contribution in [0.1, 0.15) is 24.9 Å². The second-order valence-electron chi connectivity index (χ2n) is 4.48. The molecule has 1 rings (SSSR count). The van der Waals surface area contributed by atoms with Crippen LogP contribution in [0.25, 0.3) is 0 Å². The molecule has 96 valence electrons. The summed E-state index contributed by atoms with van der Waals surface area (Å²) < 4.78 is 6.81. The minimum atomic E-state index is -0.0173. The molecule has 0 aliphatic carbocycles. The van der Waals surface area contributed by atoms with E-state index in [0.29, 0.717) is 0 Å². The Hall–Kier alpha value is -0.580. The zero-order valence-corrected chi connectivity index (χ0v) is 12.3. The van der Waals surface area contributed by atoms with E-state index in [9.17, 15) is 0 Å². The number of nitrogens with two attached hydrogens (primary N) is 1. The molecule has 0 aliphatic heterocycles. The Bertz CT molecular complexity index is 353. The minimum Gasteiger partial charge on any atom is -0.493 e. The molecular weight excluding hydrogens is 280 g/mol. The summed E-state index contributed by atoms with van der Waals surface area (Å²) in [5, 5.41) is 0. The molecule has 0 fully saturated rings. The molecule has 0 saturated heterocycles. The van der Waals surface area contributed by atoms with Gasteiger partial charge in [-0.15, -0.1) is 0 Å². The average Bonchev–Trinajstić information content (AvgIpc) is 2.25.